The van der Waals surface area contributed by atoms with Crippen LogP contribution in [0.2, 0.25) is 0 Å². The Kier molecular flexibility index (Phi) is 8.81. The van der Waals surface area contributed by atoms with Crippen molar-refractivity contribution in [3.8, 4) is 0 Å². The summed E-state index contributed by atoms with van der Waals surface area (Å²) >= 11 is 0. The van der Waals surface area contributed by atoms with Gasteiger partial charge in [-0.15, -0.1) is 6.54 Å². The first-order valence-electron chi connectivity index (χ1n) is 13.1. The third kappa shape index (κ3) is 5.96. The van der Waals surface area contributed by atoms with Crippen LogP contribution in [0.5, 0.6) is 0 Å². The number of fused-ring (bicyclic) bond motifs is 1. The first-order chi connectivity index (χ1) is 17.8. The number of carbonyl (C=O) groups excluding carboxylic acids is 1. The van der Waals surface area contributed by atoms with Crippen LogP contribution in [0.4, 0.5) is 14.5 Å². The number of nitrogens with zero attached hydrogens (tertiary/aromatic N) is 2. The molecule has 5 N–H and O–H groups in total. The molecule has 1 fully saturated rings. The van der Waals surface area contributed by atoms with Crippen LogP contribution in [-0.2, 0) is 11.2 Å². The number of nitrogens with one attached hydrogen (secondary N) is 5. The number of piperidine rings is 1. The minimum absolute atomic E-state index is 0.0332. The molecular weight excluding hydrogens is 476 g/mol. The van der Waals surface area contributed by atoms with Crippen molar-refractivity contribution in [1.29, 1.82) is 5.41 Å². The molecule has 0 aliphatic carbocycles. The van der Waals surface area contributed by atoms with Crippen LogP contribution in [0.15, 0.2) is 29.6 Å². The number of amides is 1. The van der Waals surface area contributed by atoms with Crippen LogP contribution in [0, 0.1) is 5.41 Å². The maximum atomic E-state index is 14.2. The quantitative estimate of drug-likeness (QED) is 0.327. The lowest BCUT2D eigenvalue weighted by Gasteiger charge is -2.38. The van der Waals surface area contributed by atoms with Crippen LogP contribution >= 0.6 is 0 Å². The van der Waals surface area contributed by atoms with E-state index in [1.54, 1.807) is 31.1 Å². The molecule has 202 valence electrons. The molecule has 0 spiro atoms. The SMILES string of the molecule is CN/C=C(\C[NH-])c1cc2c(cc1C(F)F)N(C(=N)C1=C(NC3CCNCC3)CCN(C(C)=O)C1)CCC2. The number of anilines is 1. The van der Waals surface area contributed by atoms with E-state index >= 15 is 0 Å². The summed E-state index contributed by atoms with van der Waals surface area (Å²) in [5.41, 5.74) is 11.9. The molecule has 3 heterocycles. The van der Waals surface area contributed by atoms with Crippen molar-refractivity contribution >= 4 is 23.0 Å². The Morgan fingerprint density at radius 3 is 2.68 bits per heavy atom. The summed E-state index contributed by atoms with van der Waals surface area (Å²) < 4.78 is 28.5. The van der Waals surface area contributed by atoms with Crippen LogP contribution < -0.4 is 20.9 Å². The van der Waals surface area contributed by atoms with Crippen LogP contribution in [0.25, 0.3) is 11.3 Å². The van der Waals surface area contributed by atoms with Crippen LogP contribution in [0.1, 0.15) is 55.7 Å². The van der Waals surface area contributed by atoms with Gasteiger partial charge in [-0.2, -0.15) is 0 Å². The van der Waals surface area contributed by atoms with Crippen molar-refractivity contribution in [3.05, 3.63) is 52.0 Å². The lowest BCUT2D eigenvalue weighted by atomic mass is 9.91. The molecule has 0 aromatic heterocycles. The van der Waals surface area contributed by atoms with Gasteiger partial charge in [0.15, 0.2) is 0 Å². The molecule has 0 unspecified atom stereocenters. The van der Waals surface area contributed by atoms with Crippen molar-refractivity contribution in [2.75, 3.05) is 51.2 Å². The number of aryl methyl sites for hydroxylation is 1. The molecule has 0 saturated carbocycles. The maximum Gasteiger partial charge on any atom is 0.264 e. The second-order valence-corrected chi connectivity index (χ2v) is 9.92. The summed E-state index contributed by atoms with van der Waals surface area (Å²) in [6, 6.07) is 3.60. The van der Waals surface area contributed by atoms with Crippen molar-refractivity contribution < 1.29 is 13.6 Å². The highest BCUT2D eigenvalue weighted by atomic mass is 19.3. The molecule has 1 amide bonds. The highest BCUT2D eigenvalue weighted by Gasteiger charge is 2.31. The maximum absolute atomic E-state index is 14.2. The van der Waals surface area contributed by atoms with Gasteiger partial charge in [-0.25, -0.2) is 8.78 Å². The summed E-state index contributed by atoms with van der Waals surface area (Å²) in [5.74, 6) is 0.233. The van der Waals surface area contributed by atoms with Crippen LogP contribution in [0.3, 0.4) is 0 Å². The Bertz CT molecular complexity index is 1080. The highest BCUT2D eigenvalue weighted by molar-refractivity contribution is 6.09. The van der Waals surface area contributed by atoms with Gasteiger partial charge in [-0.3, -0.25) is 10.2 Å². The summed E-state index contributed by atoms with van der Waals surface area (Å²) in [6.45, 7) is 4.80. The average Bonchev–Trinajstić information content (AvgIpc) is 2.90. The number of rotatable bonds is 7. The van der Waals surface area contributed by atoms with Gasteiger partial charge in [0.2, 0.25) is 5.91 Å². The van der Waals surface area contributed by atoms with E-state index in [1.807, 2.05) is 4.90 Å². The third-order valence-electron chi connectivity index (χ3n) is 7.52. The summed E-state index contributed by atoms with van der Waals surface area (Å²) in [6.07, 6.45) is 3.03. The number of halogens is 2. The molecule has 10 heteroatoms. The third-order valence-corrected chi connectivity index (χ3v) is 7.52. The number of hydrogen-bond donors (Lipinski definition) is 4. The van der Waals surface area contributed by atoms with Gasteiger partial charge in [-0.05, 0) is 73.8 Å². The zero-order valence-corrected chi connectivity index (χ0v) is 21.7. The molecule has 37 heavy (non-hydrogen) atoms. The Balaban J connectivity index is 1.73. The predicted molar refractivity (Wildman–Crippen MR) is 144 cm³/mol. The van der Waals surface area contributed by atoms with Gasteiger partial charge in [0.25, 0.3) is 6.43 Å². The number of amidine groups is 1. The second-order valence-electron chi connectivity index (χ2n) is 9.92. The molecule has 1 aromatic carbocycles. The summed E-state index contributed by atoms with van der Waals surface area (Å²) in [4.78, 5) is 15.8. The van der Waals surface area contributed by atoms with Gasteiger partial charge in [0.05, 0.1) is 6.54 Å². The Labute approximate surface area is 217 Å². The number of alkyl halides is 2. The molecule has 3 aliphatic rings. The number of carbonyl (C=O) groups is 1. The van der Waals surface area contributed by atoms with E-state index in [9.17, 15) is 19.0 Å². The van der Waals surface area contributed by atoms with Crippen LogP contribution in [-0.4, -0.2) is 69.0 Å². The molecule has 3 aliphatic heterocycles. The van der Waals surface area contributed by atoms with E-state index in [1.165, 1.54) is 6.07 Å². The normalized spacial score (nSPS) is 19.2. The van der Waals surface area contributed by atoms with E-state index in [0.29, 0.717) is 48.9 Å². The Morgan fingerprint density at radius 2 is 2.03 bits per heavy atom. The van der Waals surface area contributed by atoms with E-state index in [4.69, 9.17) is 5.73 Å². The molecule has 1 saturated heterocycles. The van der Waals surface area contributed by atoms with Crippen molar-refractivity contribution in [2.45, 2.75) is 51.5 Å². The highest BCUT2D eigenvalue weighted by Crippen LogP contribution is 2.38. The van der Waals surface area contributed by atoms with Gasteiger partial charge in [0.1, 0.15) is 5.84 Å². The average molecular weight is 515 g/mol. The van der Waals surface area contributed by atoms with Crippen molar-refractivity contribution in [2.24, 2.45) is 0 Å². The summed E-state index contributed by atoms with van der Waals surface area (Å²) in [5, 5.41) is 19.1. The topological polar surface area (TPSA) is 107 Å². The minimum Gasteiger partial charge on any atom is -0.674 e. The van der Waals surface area contributed by atoms with E-state index in [-0.39, 0.29) is 23.9 Å². The molecule has 0 radical (unpaired) electrons. The molecule has 0 atom stereocenters. The molecule has 4 rings (SSSR count). The standard InChI is InChI=1S/C27H38F2N7O/c1-17(37)35-11-7-24(34-20-5-8-33-9-6-20)23(16-35)27(31)36-10-3-4-18-12-21(19(14-30)15-32-2)22(26(28)29)13-25(18)36/h12-13,15,20,26,30-34H,3-11,14,16H2,1-2H3/q-1/b19-15+,31-27?. The largest absolute Gasteiger partial charge is 0.674 e. The Hall–Kier alpha value is -2.98. The van der Waals surface area contributed by atoms with Crippen molar-refractivity contribution in [3.63, 3.8) is 0 Å². The molecule has 0 bridgehead atoms. The monoisotopic (exact) mass is 514 g/mol. The molecule has 8 nitrogen and oxygen atoms in total. The lowest BCUT2D eigenvalue weighted by Crippen LogP contribution is -2.47. The van der Waals surface area contributed by atoms with Gasteiger partial charge >= 0.3 is 0 Å². The van der Waals surface area contributed by atoms with E-state index in [2.05, 4.69) is 16.0 Å². The van der Waals surface area contributed by atoms with Gasteiger partial charge in [0, 0.05) is 62.0 Å². The zero-order chi connectivity index (χ0) is 26.5. The molecule has 1 aromatic rings. The van der Waals surface area contributed by atoms with Crippen molar-refractivity contribution in [1.82, 2.24) is 20.9 Å². The van der Waals surface area contributed by atoms with Gasteiger partial charge in [-0.1, -0.05) is 0 Å². The fourth-order valence-corrected chi connectivity index (χ4v) is 5.52. The number of benzene rings is 1. The smallest absolute Gasteiger partial charge is 0.264 e. The first-order valence-corrected chi connectivity index (χ1v) is 13.1. The van der Waals surface area contributed by atoms with E-state index in [0.717, 1.165) is 55.6 Å². The molecular formula is C27H38F2N7O-. The van der Waals surface area contributed by atoms with Gasteiger partial charge < -0.3 is 31.5 Å². The summed E-state index contributed by atoms with van der Waals surface area (Å²) in [7, 11) is 1.69. The Morgan fingerprint density at radius 1 is 1.27 bits per heavy atom. The van der Waals surface area contributed by atoms with E-state index < -0.39 is 6.43 Å². The minimum atomic E-state index is -2.70. The predicted octanol–water partition coefficient (Wildman–Crippen LogP) is 3.81. The zero-order valence-electron chi connectivity index (χ0n) is 21.7. The lowest BCUT2D eigenvalue weighted by molar-refractivity contribution is -0.128. The fourth-order valence-electron chi connectivity index (χ4n) is 5.52. The number of hydrogen-bond acceptors (Lipinski definition) is 5. The second kappa shape index (κ2) is 12.0. The first kappa shape index (κ1) is 27.1. The fraction of sp³-hybridized carbons (Fsp3) is 0.556.